The van der Waals surface area contributed by atoms with E-state index in [4.69, 9.17) is 0 Å². The first-order valence-electron chi connectivity index (χ1n) is 8.16. The fraction of sp³-hybridized carbons (Fsp3) is 0.0476. The van der Waals surface area contributed by atoms with Crippen molar-refractivity contribution in [1.82, 2.24) is 9.38 Å². The van der Waals surface area contributed by atoms with Gasteiger partial charge in [0.25, 0.3) is 0 Å². The number of nitrogens with one attached hydrogen (secondary N) is 1. The van der Waals surface area contributed by atoms with Crippen LogP contribution in [0.2, 0.25) is 0 Å². The van der Waals surface area contributed by atoms with E-state index in [-0.39, 0.29) is 5.91 Å². The summed E-state index contributed by atoms with van der Waals surface area (Å²) in [5.41, 5.74) is 4.52. The molecule has 4 rings (SSSR count). The summed E-state index contributed by atoms with van der Waals surface area (Å²) >= 11 is 0. The van der Waals surface area contributed by atoms with E-state index in [9.17, 15) is 4.79 Å². The van der Waals surface area contributed by atoms with Crippen LogP contribution in [0.3, 0.4) is 0 Å². The van der Waals surface area contributed by atoms with Gasteiger partial charge >= 0.3 is 0 Å². The van der Waals surface area contributed by atoms with Gasteiger partial charge in [-0.3, -0.25) is 4.79 Å². The summed E-state index contributed by atoms with van der Waals surface area (Å²) in [6.07, 6.45) is 4.32. The molecule has 0 bridgehead atoms. The van der Waals surface area contributed by atoms with E-state index in [2.05, 4.69) is 10.3 Å². The Hall–Kier alpha value is -3.40. The number of anilines is 1. The third-order valence-electron chi connectivity index (χ3n) is 4.01. The number of hydrogen-bond acceptors (Lipinski definition) is 2. The summed E-state index contributed by atoms with van der Waals surface area (Å²) in [4.78, 5) is 16.9. The van der Waals surface area contributed by atoms with Crippen molar-refractivity contribution in [2.24, 2.45) is 0 Å². The van der Waals surface area contributed by atoms with E-state index in [0.29, 0.717) is 6.42 Å². The first-order chi connectivity index (χ1) is 12.3. The predicted molar refractivity (Wildman–Crippen MR) is 99.4 cm³/mol. The number of nitrogens with zero attached hydrogens (tertiary/aromatic N) is 2. The van der Waals surface area contributed by atoms with Crippen LogP contribution in [0.1, 0.15) is 5.56 Å². The van der Waals surface area contributed by atoms with E-state index >= 15 is 0 Å². The molecule has 2 aromatic heterocycles. The number of imidazole rings is 1. The van der Waals surface area contributed by atoms with Gasteiger partial charge in [-0.2, -0.15) is 0 Å². The van der Waals surface area contributed by atoms with Crippen LogP contribution < -0.4 is 5.32 Å². The second-order valence-corrected chi connectivity index (χ2v) is 5.88. The van der Waals surface area contributed by atoms with Gasteiger partial charge in [-0.05, 0) is 29.8 Å². The highest BCUT2D eigenvalue weighted by Crippen LogP contribution is 2.22. The number of amides is 1. The highest BCUT2D eigenvalue weighted by Gasteiger charge is 2.07. The van der Waals surface area contributed by atoms with Crippen LogP contribution in [0, 0.1) is 0 Å². The maximum absolute atomic E-state index is 12.2. The van der Waals surface area contributed by atoms with Gasteiger partial charge in [-0.15, -0.1) is 0 Å². The zero-order valence-corrected chi connectivity index (χ0v) is 13.6. The largest absolute Gasteiger partial charge is 0.326 e. The fourth-order valence-corrected chi connectivity index (χ4v) is 2.82. The third-order valence-corrected chi connectivity index (χ3v) is 4.01. The molecule has 0 unspecified atom stereocenters. The number of aromatic nitrogens is 2. The molecule has 0 radical (unpaired) electrons. The van der Waals surface area contributed by atoms with Gasteiger partial charge in [0.2, 0.25) is 5.91 Å². The molecule has 0 saturated heterocycles. The van der Waals surface area contributed by atoms with Crippen molar-refractivity contribution in [3.05, 3.63) is 90.8 Å². The molecule has 0 aliphatic heterocycles. The molecule has 1 N–H and O–H groups in total. The van der Waals surface area contributed by atoms with Crippen LogP contribution >= 0.6 is 0 Å². The molecule has 4 aromatic rings. The molecular formula is C21H17N3O. The third kappa shape index (κ3) is 3.43. The summed E-state index contributed by atoms with van der Waals surface area (Å²) in [5.74, 6) is -0.0293. The van der Waals surface area contributed by atoms with Crippen LogP contribution in [0.25, 0.3) is 16.9 Å². The molecule has 0 spiro atoms. The van der Waals surface area contributed by atoms with Gasteiger partial charge in [0, 0.05) is 23.6 Å². The summed E-state index contributed by atoms with van der Waals surface area (Å²) < 4.78 is 1.98. The van der Waals surface area contributed by atoms with Gasteiger partial charge in [0.05, 0.1) is 12.1 Å². The van der Waals surface area contributed by atoms with Gasteiger partial charge in [0.1, 0.15) is 5.65 Å². The van der Waals surface area contributed by atoms with Crippen LogP contribution in [-0.4, -0.2) is 15.3 Å². The molecule has 25 heavy (non-hydrogen) atoms. The Kier molecular flexibility index (Phi) is 4.01. The molecule has 0 fully saturated rings. The van der Waals surface area contributed by atoms with E-state index in [1.165, 1.54) is 0 Å². The average molecular weight is 327 g/mol. The van der Waals surface area contributed by atoms with Gasteiger partial charge in [-0.1, -0.05) is 48.5 Å². The smallest absolute Gasteiger partial charge is 0.228 e. The molecule has 2 aromatic carbocycles. The number of fused-ring (bicyclic) bond motifs is 1. The fourth-order valence-electron chi connectivity index (χ4n) is 2.82. The van der Waals surface area contributed by atoms with Crippen molar-refractivity contribution in [2.75, 3.05) is 5.32 Å². The van der Waals surface area contributed by atoms with Crippen molar-refractivity contribution < 1.29 is 4.79 Å². The van der Waals surface area contributed by atoms with Crippen LogP contribution in [0.4, 0.5) is 5.69 Å². The summed E-state index contributed by atoms with van der Waals surface area (Å²) in [7, 11) is 0. The van der Waals surface area contributed by atoms with Crippen molar-refractivity contribution in [3.8, 4) is 11.3 Å². The van der Waals surface area contributed by atoms with Crippen LogP contribution in [-0.2, 0) is 11.2 Å². The van der Waals surface area contributed by atoms with Gasteiger partial charge in [0.15, 0.2) is 0 Å². The first-order valence-corrected chi connectivity index (χ1v) is 8.16. The number of carbonyl (C=O) groups excluding carboxylic acids is 1. The second kappa shape index (κ2) is 6.61. The van der Waals surface area contributed by atoms with E-state index in [1.54, 1.807) is 0 Å². The Morgan fingerprint density at radius 2 is 1.80 bits per heavy atom. The maximum Gasteiger partial charge on any atom is 0.228 e. The number of benzene rings is 2. The van der Waals surface area contributed by atoms with Crippen molar-refractivity contribution in [2.45, 2.75) is 6.42 Å². The lowest BCUT2D eigenvalue weighted by molar-refractivity contribution is -0.115. The summed E-state index contributed by atoms with van der Waals surface area (Å²) in [6.45, 7) is 0. The molecule has 122 valence electrons. The molecule has 0 aliphatic carbocycles. The van der Waals surface area contributed by atoms with E-state index in [1.807, 2.05) is 89.6 Å². The van der Waals surface area contributed by atoms with Crippen LogP contribution in [0.15, 0.2) is 85.2 Å². The van der Waals surface area contributed by atoms with E-state index < -0.39 is 0 Å². The standard InChI is InChI=1S/C21H17N3O/c25-21(13-16-7-2-1-3-8-16)22-18-10-6-9-17(14-18)19-15-24-12-5-4-11-20(24)23-19/h1-12,14-15H,13H2,(H,22,25). The van der Waals surface area contributed by atoms with Crippen molar-refractivity contribution in [1.29, 1.82) is 0 Å². The Morgan fingerprint density at radius 3 is 2.64 bits per heavy atom. The lowest BCUT2D eigenvalue weighted by atomic mass is 10.1. The first kappa shape index (κ1) is 15.1. The Labute approximate surface area is 145 Å². The maximum atomic E-state index is 12.2. The Balaban J connectivity index is 1.54. The van der Waals surface area contributed by atoms with E-state index in [0.717, 1.165) is 28.2 Å². The predicted octanol–water partition coefficient (Wildman–Crippen LogP) is 4.18. The molecular weight excluding hydrogens is 310 g/mol. The minimum Gasteiger partial charge on any atom is -0.326 e. The lowest BCUT2D eigenvalue weighted by Crippen LogP contribution is -2.14. The normalized spacial score (nSPS) is 10.7. The van der Waals surface area contributed by atoms with Crippen LogP contribution in [0.5, 0.6) is 0 Å². The van der Waals surface area contributed by atoms with Crippen molar-refractivity contribution in [3.63, 3.8) is 0 Å². The monoisotopic (exact) mass is 327 g/mol. The number of hydrogen-bond donors (Lipinski definition) is 1. The average Bonchev–Trinajstić information content (AvgIpc) is 3.07. The highest BCUT2D eigenvalue weighted by molar-refractivity contribution is 5.92. The SMILES string of the molecule is O=C(Cc1ccccc1)Nc1cccc(-c2cn3ccccc3n2)c1. The summed E-state index contributed by atoms with van der Waals surface area (Å²) in [5, 5.41) is 2.96. The summed E-state index contributed by atoms with van der Waals surface area (Å²) in [6, 6.07) is 23.4. The van der Waals surface area contributed by atoms with Crippen molar-refractivity contribution >= 4 is 17.2 Å². The molecule has 1 amide bonds. The number of rotatable bonds is 4. The minimum absolute atomic E-state index is 0.0293. The zero-order chi connectivity index (χ0) is 17.1. The Morgan fingerprint density at radius 1 is 0.960 bits per heavy atom. The quantitative estimate of drug-likeness (QED) is 0.611. The van der Waals surface area contributed by atoms with Gasteiger partial charge in [-0.25, -0.2) is 4.98 Å². The Bertz CT molecular complexity index is 988. The van der Waals surface area contributed by atoms with Gasteiger partial charge < -0.3 is 9.72 Å². The zero-order valence-electron chi connectivity index (χ0n) is 13.6. The molecule has 2 heterocycles. The lowest BCUT2D eigenvalue weighted by Gasteiger charge is -2.06. The molecule has 0 atom stereocenters. The molecule has 4 nitrogen and oxygen atoms in total. The number of pyridine rings is 1. The topological polar surface area (TPSA) is 46.4 Å². The second-order valence-electron chi connectivity index (χ2n) is 5.88. The number of carbonyl (C=O) groups is 1. The minimum atomic E-state index is -0.0293. The highest BCUT2D eigenvalue weighted by atomic mass is 16.1. The molecule has 4 heteroatoms. The molecule has 0 saturated carbocycles. The molecule has 0 aliphatic rings.